The van der Waals surface area contributed by atoms with Gasteiger partial charge in [0.1, 0.15) is 11.3 Å². The number of pyridine rings is 2. The molecular formula is C26H20N6O2. The molecule has 0 unspecified atom stereocenters. The molecule has 1 amide bonds. The summed E-state index contributed by atoms with van der Waals surface area (Å²) in [6.07, 6.45) is 9.01. The number of fused-ring (bicyclic) bond motifs is 2. The van der Waals surface area contributed by atoms with E-state index in [4.69, 9.17) is 4.42 Å². The summed E-state index contributed by atoms with van der Waals surface area (Å²) in [5.74, 6) is -0.0475. The first kappa shape index (κ1) is 19.9. The summed E-state index contributed by atoms with van der Waals surface area (Å²) in [5, 5.41) is 12.5. The molecule has 34 heavy (non-hydrogen) atoms. The number of carbonyl (C=O) groups excluding carboxylic acids is 1. The first-order valence-electron chi connectivity index (χ1n) is 10.9. The van der Waals surface area contributed by atoms with Crippen LogP contribution in [0.1, 0.15) is 13.3 Å². The Kier molecular flexibility index (Phi) is 4.69. The molecule has 0 saturated heterocycles. The van der Waals surface area contributed by atoms with Crippen LogP contribution in [0.2, 0.25) is 0 Å². The highest BCUT2D eigenvalue weighted by molar-refractivity contribution is 6.00. The number of aromatic amines is 2. The molecule has 0 atom stereocenters. The van der Waals surface area contributed by atoms with E-state index in [1.807, 2.05) is 37.3 Å². The molecule has 0 aliphatic rings. The Morgan fingerprint density at radius 1 is 1.03 bits per heavy atom. The summed E-state index contributed by atoms with van der Waals surface area (Å²) in [6.45, 7) is 1.82. The maximum atomic E-state index is 11.8. The van der Waals surface area contributed by atoms with E-state index in [-0.39, 0.29) is 5.91 Å². The predicted octanol–water partition coefficient (Wildman–Crippen LogP) is 5.78. The zero-order valence-electron chi connectivity index (χ0n) is 18.3. The highest BCUT2D eigenvalue weighted by Gasteiger charge is 2.15. The van der Waals surface area contributed by atoms with E-state index >= 15 is 0 Å². The van der Waals surface area contributed by atoms with Crippen LogP contribution in [0.15, 0.2) is 78.0 Å². The maximum Gasteiger partial charge on any atom is 0.224 e. The number of nitrogens with zero attached hydrogens (tertiary/aromatic N) is 3. The third-order valence-electron chi connectivity index (χ3n) is 5.86. The average molecular weight is 448 g/mol. The minimum Gasteiger partial charge on any atom is -0.472 e. The van der Waals surface area contributed by atoms with Gasteiger partial charge in [-0.3, -0.25) is 14.9 Å². The Morgan fingerprint density at radius 3 is 2.82 bits per heavy atom. The van der Waals surface area contributed by atoms with Gasteiger partial charge in [-0.05, 0) is 47.5 Å². The Bertz CT molecular complexity index is 1650. The number of amides is 1. The summed E-state index contributed by atoms with van der Waals surface area (Å²) in [6, 6.07) is 14.0. The molecule has 8 nitrogen and oxygen atoms in total. The molecule has 0 aliphatic heterocycles. The van der Waals surface area contributed by atoms with Crippen molar-refractivity contribution in [1.82, 2.24) is 25.1 Å². The molecule has 0 spiro atoms. The fourth-order valence-electron chi connectivity index (χ4n) is 4.14. The van der Waals surface area contributed by atoms with E-state index in [2.05, 4.69) is 42.6 Å². The Labute approximate surface area is 194 Å². The van der Waals surface area contributed by atoms with E-state index in [0.29, 0.717) is 12.1 Å². The normalized spacial score (nSPS) is 11.3. The molecule has 0 saturated carbocycles. The van der Waals surface area contributed by atoms with Crippen LogP contribution in [0, 0.1) is 0 Å². The molecule has 6 aromatic rings. The van der Waals surface area contributed by atoms with Crippen LogP contribution in [0.5, 0.6) is 0 Å². The number of rotatable bonds is 5. The standard InChI is InChI=1S/C26H20N6O2/c1-2-24(33)29-18-9-17(12-27-13-18)15-3-4-22-21(10-15)25(32-31-22)23-11-20-19(16-6-8-34-14-16)5-7-28-26(20)30-23/h3-14H,2H2,1H3,(H,28,30)(H,29,33)(H,31,32). The zero-order valence-corrected chi connectivity index (χ0v) is 18.3. The summed E-state index contributed by atoms with van der Waals surface area (Å²) in [4.78, 5) is 24.0. The van der Waals surface area contributed by atoms with Gasteiger partial charge in [-0.15, -0.1) is 0 Å². The van der Waals surface area contributed by atoms with Crippen molar-refractivity contribution >= 4 is 33.5 Å². The van der Waals surface area contributed by atoms with Crippen molar-refractivity contribution in [3.05, 3.63) is 73.6 Å². The fraction of sp³-hybridized carbons (Fsp3) is 0.0769. The molecule has 0 fully saturated rings. The lowest BCUT2D eigenvalue weighted by molar-refractivity contribution is -0.115. The minimum atomic E-state index is -0.0475. The smallest absolute Gasteiger partial charge is 0.224 e. The van der Waals surface area contributed by atoms with Crippen molar-refractivity contribution in [3.8, 4) is 33.6 Å². The first-order chi connectivity index (χ1) is 16.7. The predicted molar refractivity (Wildman–Crippen MR) is 131 cm³/mol. The number of furan rings is 1. The zero-order chi connectivity index (χ0) is 23.1. The topological polar surface area (TPSA) is 112 Å². The quantitative estimate of drug-likeness (QED) is 0.310. The molecule has 5 heterocycles. The van der Waals surface area contributed by atoms with E-state index in [9.17, 15) is 4.79 Å². The second-order valence-electron chi connectivity index (χ2n) is 8.01. The van der Waals surface area contributed by atoms with E-state index in [0.717, 1.165) is 55.6 Å². The van der Waals surface area contributed by atoms with Crippen LogP contribution in [0.3, 0.4) is 0 Å². The Morgan fingerprint density at radius 2 is 1.97 bits per heavy atom. The number of benzene rings is 1. The maximum absolute atomic E-state index is 11.8. The summed E-state index contributed by atoms with van der Waals surface area (Å²) < 4.78 is 5.27. The lowest BCUT2D eigenvalue weighted by Gasteiger charge is -2.06. The number of H-pyrrole nitrogens is 2. The van der Waals surface area contributed by atoms with Crippen molar-refractivity contribution in [2.75, 3.05) is 5.32 Å². The van der Waals surface area contributed by atoms with Crippen LogP contribution < -0.4 is 5.32 Å². The van der Waals surface area contributed by atoms with E-state index in [1.54, 1.807) is 31.1 Å². The lowest BCUT2D eigenvalue weighted by Crippen LogP contribution is -2.09. The number of hydrogen-bond acceptors (Lipinski definition) is 5. The van der Waals surface area contributed by atoms with E-state index < -0.39 is 0 Å². The summed E-state index contributed by atoms with van der Waals surface area (Å²) >= 11 is 0. The molecule has 166 valence electrons. The van der Waals surface area contributed by atoms with E-state index in [1.165, 1.54) is 0 Å². The number of hydrogen-bond donors (Lipinski definition) is 3. The molecule has 0 radical (unpaired) electrons. The molecule has 0 bridgehead atoms. The van der Waals surface area contributed by atoms with Crippen molar-refractivity contribution in [1.29, 1.82) is 0 Å². The van der Waals surface area contributed by atoms with Crippen molar-refractivity contribution < 1.29 is 9.21 Å². The highest BCUT2D eigenvalue weighted by atomic mass is 16.3. The summed E-state index contributed by atoms with van der Waals surface area (Å²) in [7, 11) is 0. The third-order valence-corrected chi connectivity index (χ3v) is 5.86. The molecule has 8 heteroatoms. The van der Waals surface area contributed by atoms with Gasteiger partial charge in [0.15, 0.2) is 0 Å². The van der Waals surface area contributed by atoms with Gasteiger partial charge in [-0.1, -0.05) is 13.0 Å². The van der Waals surface area contributed by atoms with Crippen molar-refractivity contribution in [2.45, 2.75) is 13.3 Å². The lowest BCUT2D eigenvalue weighted by atomic mass is 10.0. The van der Waals surface area contributed by atoms with Crippen LogP contribution >= 0.6 is 0 Å². The monoisotopic (exact) mass is 448 g/mol. The largest absolute Gasteiger partial charge is 0.472 e. The fourth-order valence-corrected chi connectivity index (χ4v) is 4.14. The molecule has 1 aromatic carbocycles. The van der Waals surface area contributed by atoms with Gasteiger partial charge in [-0.25, -0.2) is 4.98 Å². The molecule has 3 N–H and O–H groups in total. The van der Waals surface area contributed by atoms with Crippen LogP contribution in [0.25, 0.3) is 55.6 Å². The number of carbonyl (C=O) groups is 1. The highest BCUT2D eigenvalue weighted by Crippen LogP contribution is 2.34. The molecule has 6 rings (SSSR count). The van der Waals surface area contributed by atoms with Gasteiger partial charge in [0.25, 0.3) is 0 Å². The first-order valence-corrected chi connectivity index (χ1v) is 10.9. The van der Waals surface area contributed by atoms with Crippen molar-refractivity contribution in [3.63, 3.8) is 0 Å². The molecular weight excluding hydrogens is 428 g/mol. The average Bonchev–Trinajstić information content (AvgIpc) is 3.62. The second kappa shape index (κ2) is 8.00. The third kappa shape index (κ3) is 3.41. The van der Waals surface area contributed by atoms with Gasteiger partial charge >= 0.3 is 0 Å². The van der Waals surface area contributed by atoms with Crippen LogP contribution in [-0.2, 0) is 4.79 Å². The van der Waals surface area contributed by atoms with Gasteiger partial charge < -0.3 is 14.7 Å². The molecule has 5 aromatic heterocycles. The van der Waals surface area contributed by atoms with Gasteiger partial charge in [0.05, 0.1) is 35.6 Å². The van der Waals surface area contributed by atoms with Crippen LogP contribution in [0.4, 0.5) is 5.69 Å². The Balaban J connectivity index is 1.43. The number of nitrogens with one attached hydrogen (secondary N) is 3. The number of aromatic nitrogens is 5. The van der Waals surface area contributed by atoms with Gasteiger partial charge in [-0.2, -0.15) is 5.10 Å². The minimum absolute atomic E-state index is 0.0475. The Hall–Kier alpha value is -4.72. The van der Waals surface area contributed by atoms with Crippen LogP contribution in [-0.4, -0.2) is 31.1 Å². The molecule has 0 aliphatic carbocycles. The van der Waals surface area contributed by atoms with Crippen molar-refractivity contribution in [2.24, 2.45) is 0 Å². The second-order valence-corrected chi connectivity index (χ2v) is 8.01. The van der Waals surface area contributed by atoms with Gasteiger partial charge in [0, 0.05) is 40.7 Å². The number of anilines is 1. The SMILES string of the molecule is CCC(=O)Nc1cncc(-c2ccc3[nH]nc(-c4cc5c(-c6ccoc6)ccnc5[nH]4)c3c2)c1. The van der Waals surface area contributed by atoms with Gasteiger partial charge in [0.2, 0.25) is 5.91 Å². The summed E-state index contributed by atoms with van der Waals surface area (Å²) in [5.41, 5.74) is 7.96.